The van der Waals surface area contributed by atoms with Gasteiger partial charge >= 0.3 is 0 Å². The Morgan fingerprint density at radius 1 is 1.10 bits per heavy atom. The lowest BCUT2D eigenvalue weighted by atomic mass is 10.1. The molecule has 0 atom stereocenters. The summed E-state index contributed by atoms with van der Waals surface area (Å²) in [7, 11) is 0. The third-order valence-corrected chi connectivity index (χ3v) is 3.75. The van der Waals surface area contributed by atoms with Crippen molar-refractivity contribution < 1.29 is 9.47 Å². The van der Waals surface area contributed by atoms with E-state index >= 15 is 0 Å². The van der Waals surface area contributed by atoms with Gasteiger partial charge in [0.05, 0.1) is 18.9 Å². The normalized spacial score (nSPS) is 10.6. The van der Waals surface area contributed by atoms with Gasteiger partial charge in [0.1, 0.15) is 0 Å². The SMILES string of the molecule is CCCOc1ccc(-c2nc(N)sc2C)cc1OCCC. The largest absolute Gasteiger partial charge is 0.490 e. The number of nitrogens with two attached hydrogens (primary N) is 1. The number of rotatable bonds is 7. The topological polar surface area (TPSA) is 57.4 Å². The standard InChI is InChI=1S/C16H22N2O2S/c1-4-8-19-13-7-6-12(10-14(13)20-9-5-2)15-11(3)21-16(17)18-15/h6-7,10H,4-5,8-9H2,1-3H3,(H2,17,18). The van der Waals surface area contributed by atoms with E-state index in [9.17, 15) is 0 Å². The Hall–Kier alpha value is -1.75. The molecule has 2 aromatic rings. The second-order valence-corrected chi connectivity index (χ2v) is 6.05. The maximum Gasteiger partial charge on any atom is 0.180 e. The van der Waals surface area contributed by atoms with Crippen LogP contribution >= 0.6 is 11.3 Å². The molecule has 0 saturated carbocycles. The summed E-state index contributed by atoms with van der Waals surface area (Å²) >= 11 is 1.50. The van der Waals surface area contributed by atoms with Gasteiger partial charge in [-0.25, -0.2) is 4.98 Å². The smallest absolute Gasteiger partial charge is 0.180 e. The Morgan fingerprint density at radius 3 is 2.33 bits per heavy atom. The molecule has 5 heteroatoms. The minimum atomic E-state index is 0.588. The summed E-state index contributed by atoms with van der Waals surface area (Å²) in [5.74, 6) is 1.56. The van der Waals surface area contributed by atoms with Crippen LogP contribution in [0.5, 0.6) is 11.5 Å². The summed E-state index contributed by atoms with van der Waals surface area (Å²) in [5, 5.41) is 0.588. The third kappa shape index (κ3) is 3.88. The number of hydrogen-bond acceptors (Lipinski definition) is 5. The first-order chi connectivity index (χ1) is 10.2. The third-order valence-electron chi connectivity index (χ3n) is 2.95. The van der Waals surface area contributed by atoms with Crippen molar-refractivity contribution in [2.45, 2.75) is 33.6 Å². The van der Waals surface area contributed by atoms with E-state index in [1.165, 1.54) is 11.3 Å². The fourth-order valence-corrected chi connectivity index (χ4v) is 2.71. The Bertz CT molecular complexity index is 596. The first-order valence-corrected chi connectivity index (χ1v) is 8.10. The van der Waals surface area contributed by atoms with E-state index in [0.29, 0.717) is 18.3 Å². The summed E-state index contributed by atoms with van der Waals surface area (Å²) < 4.78 is 11.6. The van der Waals surface area contributed by atoms with Gasteiger partial charge in [0.25, 0.3) is 0 Å². The molecule has 114 valence electrons. The Morgan fingerprint density at radius 2 is 1.76 bits per heavy atom. The van der Waals surface area contributed by atoms with Gasteiger partial charge in [-0.3, -0.25) is 0 Å². The van der Waals surface area contributed by atoms with E-state index < -0.39 is 0 Å². The van der Waals surface area contributed by atoms with E-state index in [1.54, 1.807) is 0 Å². The molecule has 0 aliphatic carbocycles. The first-order valence-electron chi connectivity index (χ1n) is 7.28. The molecule has 2 N–H and O–H groups in total. The van der Waals surface area contributed by atoms with Crippen molar-refractivity contribution in [2.75, 3.05) is 18.9 Å². The van der Waals surface area contributed by atoms with Crippen LogP contribution in [0.4, 0.5) is 5.13 Å². The Labute approximate surface area is 129 Å². The maximum absolute atomic E-state index is 5.81. The number of ether oxygens (including phenoxy) is 2. The van der Waals surface area contributed by atoms with E-state index in [1.807, 2.05) is 25.1 Å². The molecule has 0 unspecified atom stereocenters. The lowest BCUT2D eigenvalue weighted by Gasteiger charge is -2.13. The molecule has 0 radical (unpaired) electrons. The van der Waals surface area contributed by atoms with Crippen molar-refractivity contribution >= 4 is 16.5 Å². The van der Waals surface area contributed by atoms with Crippen LogP contribution in [0.2, 0.25) is 0 Å². The van der Waals surface area contributed by atoms with Crippen LogP contribution in [0.25, 0.3) is 11.3 Å². The molecule has 2 rings (SSSR count). The highest BCUT2D eigenvalue weighted by molar-refractivity contribution is 7.15. The van der Waals surface area contributed by atoms with Crippen molar-refractivity contribution in [1.29, 1.82) is 0 Å². The molecule has 21 heavy (non-hydrogen) atoms. The van der Waals surface area contributed by atoms with Crippen LogP contribution in [0.3, 0.4) is 0 Å². The monoisotopic (exact) mass is 306 g/mol. The van der Waals surface area contributed by atoms with E-state index in [2.05, 4.69) is 18.8 Å². The summed E-state index contributed by atoms with van der Waals surface area (Å²) in [5.41, 5.74) is 7.71. The maximum atomic E-state index is 5.81. The van der Waals surface area contributed by atoms with Gasteiger partial charge in [0, 0.05) is 10.4 Å². The van der Waals surface area contributed by atoms with Gasteiger partial charge in [-0.05, 0) is 38.0 Å². The van der Waals surface area contributed by atoms with Crippen LogP contribution in [0, 0.1) is 6.92 Å². The highest BCUT2D eigenvalue weighted by Crippen LogP contribution is 2.35. The van der Waals surface area contributed by atoms with E-state index in [-0.39, 0.29) is 0 Å². The van der Waals surface area contributed by atoms with Crippen molar-refractivity contribution in [3.63, 3.8) is 0 Å². The van der Waals surface area contributed by atoms with Crippen LogP contribution in [-0.4, -0.2) is 18.2 Å². The molecular formula is C16H22N2O2S. The number of nitrogen functional groups attached to an aromatic ring is 1. The molecule has 0 saturated heterocycles. The number of benzene rings is 1. The van der Waals surface area contributed by atoms with Crippen molar-refractivity contribution in [2.24, 2.45) is 0 Å². The predicted octanol–water partition coefficient (Wildman–Crippen LogP) is 4.28. The Kier molecular flexibility index (Phi) is 5.44. The van der Waals surface area contributed by atoms with Gasteiger partial charge in [-0.15, -0.1) is 11.3 Å². The highest BCUT2D eigenvalue weighted by atomic mass is 32.1. The van der Waals surface area contributed by atoms with Crippen LogP contribution < -0.4 is 15.2 Å². The molecule has 0 spiro atoms. The summed E-state index contributed by atoms with van der Waals surface area (Å²) in [6.07, 6.45) is 1.93. The van der Waals surface area contributed by atoms with Crippen LogP contribution in [0.1, 0.15) is 31.6 Å². The second-order valence-electron chi connectivity index (χ2n) is 4.82. The quantitative estimate of drug-likeness (QED) is 0.829. The summed E-state index contributed by atoms with van der Waals surface area (Å²) in [6, 6.07) is 5.94. The van der Waals surface area contributed by atoms with E-state index in [4.69, 9.17) is 15.2 Å². The van der Waals surface area contributed by atoms with Crippen molar-refractivity contribution in [3.8, 4) is 22.8 Å². The number of hydrogen-bond donors (Lipinski definition) is 1. The zero-order valence-corrected chi connectivity index (χ0v) is 13.6. The molecule has 0 aliphatic heterocycles. The molecule has 1 aromatic heterocycles. The molecule has 4 nitrogen and oxygen atoms in total. The fourth-order valence-electron chi connectivity index (χ4n) is 2.00. The number of nitrogens with zero attached hydrogens (tertiary/aromatic N) is 1. The number of thiazole rings is 1. The zero-order valence-electron chi connectivity index (χ0n) is 12.8. The first kappa shape index (κ1) is 15.6. The fraction of sp³-hybridized carbons (Fsp3) is 0.438. The van der Waals surface area contributed by atoms with Crippen LogP contribution in [-0.2, 0) is 0 Å². The van der Waals surface area contributed by atoms with Crippen LogP contribution in [0.15, 0.2) is 18.2 Å². The molecule has 0 bridgehead atoms. The Balaban J connectivity index is 2.33. The van der Waals surface area contributed by atoms with Gasteiger partial charge < -0.3 is 15.2 Å². The van der Waals surface area contributed by atoms with Gasteiger partial charge in [0.2, 0.25) is 0 Å². The molecule has 0 aliphatic rings. The minimum absolute atomic E-state index is 0.588. The number of aryl methyl sites for hydroxylation is 1. The minimum Gasteiger partial charge on any atom is -0.490 e. The molecule has 1 aromatic carbocycles. The van der Waals surface area contributed by atoms with Crippen molar-refractivity contribution in [1.82, 2.24) is 4.98 Å². The summed E-state index contributed by atoms with van der Waals surface area (Å²) in [6.45, 7) is 7.55. The van der Waals surface area contributed by atoms with Crippen molar-refractivity contribution in [3.05, 3.63) is 23.1 Å². The average Bonchev–Trinajstić information content (AvgIpc) is 2.82. The van der Waals surface area contributed by atoms with Gasteiger partial charge in [-0.2, -0.15) is 0 Å². The predicted molar refractivity (Wildman–Crippen MR) is 88.3 cm³/mol. The van der Waals surface area contributed by atoms with Gasteiger partial charge in [-0.1, -0.05) is 13.8 Å². The average molecular weight is 306 g/mol. The highest BCUT2D eigenvalue weighted by Gasteiger charge is 2.12. The van der Waals surface area contributed by atoms with E-state index in [0.717, 1.165) is 40.5 Å². The second kappa shape index (κ2) is 7.31. The molecule has 0 fully saturated rings. The number of anilines is 1. The lowest BCUT2D eigenvalue weighted by Crippen LogP contribution is -2.01. The molecule has 0 amide bonds. The van der Waals surface area contributed by atoms with Gasteiger partial charge in [0.15, 0.2) is 16.6 Å². The molecular weight excluding hydrogens is 284 g/mol. The molecule has 1 heterocycles. The number of aromatic nitrogens is 1. The zero-order chi connectivity index (χ0) is 15.2. The lowest BCUT2D eigenvalue weighted by molar-refractivity contribution is 0.268. The summed E-state index contributed by atoms with van der Waals surface area (Å²) in [4.78, 5) is 5.50.